The smallest absolute Gasteiger partial charge is 0.0469 e. The molecule has 0 amide bonds. The largest absolute Gasteiger partial charge is 0.381 e. The first-order chi connectivity index (χ1) is 6.36. The van der Waals surface area contributed by atoms with Crippen LogP contribution >= 0.6 is 0 Å². The molecule has 0 bridgehead atoms. The van der Waals surface area contributed by atoms with Crippen LogP contribution in [0.1, 0.15) is 32.6 Å². The first kappa shape index (κ1) is 9.47. The average molecular weight is 183 g/mol. The number of nitrogens with one attached hydrogen (secondary N) is 1. The Labute approximate surface area is 81.0 Å². The highest BCUT2D eigenvalue weighted by molar-refractivity contribution is 4.83. The van der Waals surface area contributed by atoms with E-state index in [0.717, 1.165) is 31.1 Å². The van der Waals surface area contributed by atoms with Gasteiger partial charge in [-0.25, -0.2) is 0 Å². The van der Waals surface area contributed by atoms with Crippen molar-refractivity contribution in [2.45, 2.75) is 38.6 Å². The number of ether oxygens (including phenoxy) is 1. The summed E-state index contributed by atoms with van der Waals surface area (Å²) in [6, 6.07) is 0.785. The molecule has 2 heterocycles. The zero-order chi connectivity index (χ0) is 9.10. The Kier molecular flexibility index (Phi) is 3.23. The quantitative estimate of drug-likeness (QED) is 0.669. The van der Waals surface area contributed by atoms with Crippen molar-refractivity contribution >= 4 is 0 Å². The monoisotopic (exact) mass is 183 g/mol. The number of piperidine rings is 1. The van der Waals surface area contributed by atoms with Gasteiger partial charge in [0.2, 0.25) is 0 Å². The molecular formula is C11H21NO. The van der Waals surface area contributed by atoms with E-state index in [0.29, 0.717) is 0 Å². The van der Waals surface area contributed by atoms with Crippen molar-refractivity contribution in [3.8, 4) is 0 Å². The summed E-state index contributed by atoms with van der Waals surface area (Å²) in [4.78, 5) is 0. The van der Waals surface area contributed by atoms with Crippen molar-refractivity contribution in [2.75, 3.05) is 19.8 Å². The molecule has 2 fully saturated rings. The predicted molar refractivity (Wildman–Crippen MR) is 53.7 cm³/mol. The minimum absolute atomic E-state index is 0.785. The van der Waals surface area contributed by atoms with Crippen molar-refractivity contribution in [3.63, 3.8) is 0 Å². The van der Waals surface area contributed by atoms with Gasteiger partial charge in [0.15, 0.2) is 0 Å². The van der Waals surface area contributed by atoms with Crippen molar-refractivity contribution < 1.29 is 4.74 Å². The highest BCUT2D eigenvalue weighted by Crippen LogP contribution is 2.26. The molecule has 76 valence electrons. The SMILES string of the molecule is C[C@H]1CCN[C@@H](C2CCOCC2)C1. The summed E-state index contributed by atoms with van der Waals surface area (Å²) >= 11 is 0. The second-order valence-corrected chi connectivity index (χ2v) is 4.64. The maximum absolute atomic E-state index is 5.39. The Morgan fingerprint density at radius 2 is 1.92 bits per heavy atom. The van der Waals surface area contributed by atoms with Crippen LogP contribution in [0.3, 0.4) is 0 Å². The van der Waals surface area contributed by atoms with E-state index in [1.165, 1.54) is 32.2 Å². The normalized spacial score (nSPS) is 37.6. The van der Waals surface area contributed by atoms with Crippen LogP contribution in [0.4, 0.5) is 0 Å². The Morgan fingerprint density at radius 3 is 2.62 bits per heavy atom. The van der Waals surface area contributed by atoms with Crippen LogP contribution in [0.2, 0.25) is 0 Å². The third-order valence-corrected chi connectivity index (χ3v) is 3.53. The van der Waals surface area contributed by atoms with E-state index in [2.05, 4.69) is 12.2 Å². The lowest BCUT2D eigenvalue weighted by Gasteiger charge is -2.36. The van der Waals surface area contributed by atoms with Gasteiger partial charge in [-0.15, -0.1) is 0 Å². The Morgan fingerprint density at radius 1 is 1.15 bits per heavy atom. The minimum Gasteiger partial charge on any atom is -0.381 e. The predicted octanol–water partition coefficient (Wildman–Crippen LogP) is 1.80. The molecule has 0 unspecified atom stereocenters. The molecule has 13 heavy (non-hydrogen) atoms. The maximum atomic E-state index is 5.39. The van der Waals surface area contributed by atoms with Gasteiger partial charge < -0.3 is 10.1 Å². The topological polar surface area (TPSA) is 21.3 Å². The molecule has 2 aliphatic heterocycles. The zero-order valence-electron chi connectivity index (χ0n) is 8.59. The van der Waals surface area contributed by atoms with Gasteiger partial charge in [0.05, 0.1) is 0 Å². The molecule has 0 radical (unpaired) electrons. The molecule has 2 aliphatic rings. The maximum Gasteiger partial charge on any atom is 0.0469 e. The summed E-state index contributed by atoms with van der Waals surface area (Å²) in [5.74, 6) is 1.81. The van der Waals surface area contributed by atoms with E-state index in [9.17, 15) is 0 Å². The van der Waals surface area contributed by atoms with Crippen LogP contribution in [0.15, 0.2) is 0 Å². The van der Waals surface area contributed by atoms with Gasteiger partial charge in [0, 0.05) is 19.3 Å². The molecule has 0 spiro atoms. The molecule has 2 nitrogen and oxygen atoms in total. The van der Waals surface area contributed by atoms with E-state index in [4.69, 9.17) is 4.74 Å². The van der Waals surface area contributed by atoms with Gasteiger partial charge in [-0.1, -0.05) is 6.92 Å². The fraction of sp³-hybridized carbons (Fsp3) is 1.00. The molecule has 0 aliphatic carbocycles. The van der Waals surface area contributed by atoms with Crippen LogP contribution in [0, 0.1) is 11.8 Å². The second-order valence-electron chi connectivity index (χ2n) is 4.64. The van der Waals surface area contributed by atoms with Crippen molar-refractivity contribution in [1.29, 1.82) is 0 Å². The summed E-state index contributed by atoms with van der Waals surface area (Å²) in [7, 11) is 0. The van der Waals surface area contributed by atoms with E-state index in [1.54, 1.807) is 0 Å². The minimum atomic E-state index is 0.785. The highest BCUT2D eigenvalue weighted by Gasteiger charge is 2.27. The lowest BCUT2D eigenvalue weighted by Crippen LogP contribution is -2.44. The van der Waals surface area contributed by atoms with Crippen molar-refractivity contribution in [1.82, 2.24) is 5.32 Å². The number of hydrogen-bond acceptors (Lipinski definition) is 2. The summed E-state index contributed by atoms with van der Waals surface area (Å²) in [6.07, 6.45) is 5.28. The van der Waals surface area contributed by atoms with Gasteiger partial charge in [-0.05, 0) is 44.1 Å². The molecule has 1 N–H and O–H groups in total. The van der Waals surface area contributed by atoms with Crippen LogP contribution in [0.25, 0.3) is 0 Å². The van der Waals surface area contributed by atoms with Crippen molar-refractivity contribution in [3.05, 3.63) is 0 Å². The summed E-state index contributed by atoms with van der Waals surface area (Å²) in [5.41, 5.74) is 0. The molecule has 2 atom stereocenters. The molecule has 2 heteroatoms. The lowest BCUT2D eigenvalue weighted by atomic mass is 9.83. The van der Waals surface area contributed by atoms with Gasteiger partial charge in [-0.2, -0.15) is 0 Å². The van der Waals surface area contributed by atoms with Gasteiger partial charge in [-0.3, -0.25) is 0 Å². The molecule has 0 aromatic heterocycles. The standard InChI is InChI=1S/C11H21NO/c1-9-2-5-12-11(8-9)10-3-6-13-7-4-10/h9-12H,2-8H2,1H3/t9-,11+/m0/s1. The molecule has 2 saturated heterocycles. The van der Waals surface area contributed by atoms with Gasteiger partial charge in [0.25, 0.3) is 0 Å². The van der Waals surface area contributed by atoms with E-state index >= 15 is 0 Å². The number of rotatable bonds is 1. The van der Waals surface area contributed by atoms with Crippen LogP contribution < -0.4 is 5.32 Å². The molecule has 0 saturated carbocycles. The van der Waals surface area contributed by atoms with Crippen LogP contribution in [0.5, 0.6) is 0 Å². The lowest BCUT2D eigenvalue weighted by molar-refractivity contribution is 0.0467. The molecule has 0 aromatic rings. The van der Waals surface area contributed by atoms with E-state index < -0.39 is 0 Å². The average Bonchev–Trinajstić information content (AvgIpc) is 2.19. The zero-order valence-corrected chi connectivity index (χ0v) is 8.59. The second kappa shape index (κ2) is 4.43. The first-order valence-corrected chi connectivity index (χ1v) is 5.67. The number of hydrogen-bond donors (Lipinski definition) is 1. The third-order valence-electron chi connectivity index (χ3n) is 3.53. The summed E-state index contributed by atoms with van der Waals surface area (Å²) in [6.45, 7) is 5.57. The summed E-state index contributed by atoms with van der Waals surface area (Å²) in [5, 5.41) is 3.66. The van der Waals surface area contributed by atoms with Crippen LogP contribution in [-0.4, -0.2) is 25.8 Å². The first-order valence-electron chi connectivity index (χ1n) is 5.67. The fourth-order valence-electron chi connectivity index (χ4n) is 2.63. The Bertz CT molecular complexity index is 154. The van der Waals surface area contributed by atoms with E-state index in [1.807, 2.05) is 0 Å². The van der Waals surface area contributed by atoms with E-state index in [-0.39, 0.29) is 0 Å². The molecular weight excluding hydrogens is 162 g/mol. The van der Waals surface area contributed by atoms with Gasteiger partial charge in [0.1, 0.15) is 0 Å². The molecule has 0 aromatic carbocycles. The fourth-order valence-corrected chi connectivity index (χ4v) is 2.63. The van der Waals surface area contributed by atoms with Crippen molar-refractivity contribution in [2.24, 2.45) is 11.8 Å². The van der Waals surface area contributed by atoms with Crippen LogP contribution in [-0.2, 0) is 4.74 Å². The van der Waals surface area contributed by atoms with Gasteiger partial charge >= 0.3 is 0 Å². The third kappa shape index (κ3) is 2.44. The highest BCUT2D eigenvalue weighted by atomic mass is 16.5. The Balaban J connectivity index is 1.83. The molecule has 2 rings (SSSR count). The summed E-state index contributed by atoms with van der Waals surface area (Å²) < 4.78 is 5.39. The Hall–Kier alpha value is -0.0800.